The van der Waals surface area contributed by atoms with Crippen LogP contribution in [0.4, 0.5) is 4.79 Å². The van der Waals surface area contributed by atoms with Crippen molar-refractivity contribution in [3.8, 4) is 0 Å². The predicted molar refractivity (Wildman–Crippen MR) is 137 cm³/mol. The lowest BCUT2D eigenvalue weighted by Gasteiger charge is -2.37. The van der Waals surface area contributed by atoms with Crippen molar-refractivity contribution in [3.05, 3.63) is 35.9 Å². The number of carbonyl (C=O) groups excluding carboxylic acids is 2. The summed E-state index contributed by atoms with van der Waals surface area (Å²) in [5.74, 6) is -0.0285. The monoisotopic (exact) mass is 489 g/mol. The lowest BCUT2D eigenvalue weighted by Crippen LogP contribution is -2.53. The molecule has 1 aromatic carbocycles. The van der Waals surface area contributed by atoms with E-state index in [1.165, 1.54) is 0 Å². The van der Waals surface area contributed by atoms with Crippen LogP contribution < -0.4 is 5.32 Å². The number of aliphatic hydroxyl groups excluding tert-OH is 1. The fraction of sp³-hybridized carbons (Fsp3) is 0.692. The Morgan fingerprint density at radius 1 is 1.12 bits per heavy atom. The van der Waals surface area contributed by atoms with Gasteiger partial charge in [-0.05, 0) is 55.8 Å². The van der Waals surface area contributed by atoms with Crippen molar-refractivity contribution in [2.75, 3.05) is 19.7 Å². The van der Waals surface area contributed by atoms with E-state index in [-0.39, 0.29) is 23.0 Å². The zero-order valence-corrected chi connectivity index (χ0v) is 22.5. The van der Waals surface area contributed by atoms with Crippen molar-refractivity contribution in [3.63, 3.8) is 0 Å². The Balaban J connectivity index is 1.55. The van der Waals surface area contributed by atoms with Crippen LogP contribution in [-0.4, -0.2) is 73.0 Å². The Morgan fingerprint density at radius 3 is 2.44 bits per heavy atom. The molecule has 0 aliphatic carbocycles. The Morgan fingerprint density at radius 2 is 1.76 bits per heavy atom. The normalized spacial score (nSPS) is 22.2. The molecule has 0 radical (unpaired) electrons. The van der Waals surface area contributed by atoms with Gasteiger partial charge in [-0.25, -0.2) is 4.79 Å². The highest BCUT2D eigenvalue weighted by Gasteiger charge is 2.42. The van der Waals surface area contributed by atoms with Crippen molar-refractivity contribution >= 4 is 20.3 Å². The van der Waals surface area contributed by atoms with Gasteiger partial charge < -0.3 is 24.6 Å². The lowest BCUT2D eigenvalue weighted by atomic mass is 10.0. The van der Waals surface area contributed by atoms with Gasteiger partial charge in [0.25, 0.3) is 0 Å². The molecule has 8 heteroatoms. The summed E-state index contributed by atoms with van der Waals surface area (Å²) in [6.45, 7) is 13.2. The maximum Gasteiger partial charge on any atom is 0.318 e. The molecule has 3 rings (SSSR count). The number of hydrogen-bond donors (Lipinski definition) is 2. The number of likely N-dealkylation sites (tertiary alicyclic amines) is 2. The number of urea groups is 1. The maximum absolute atomic E-state index is 13.5. The van der Waals surface area contributed by atoms with Crippen LogP contribution in [0, 0.1) is 0 Å². The molecular weight excluding hydrogens is 446 g/mol. The number of carbonyl (C=O) groups is 2. The van der Waals surface area contributed by atoms with Gasteiger partial charge in [-0.15, -0.1) is 0 Å². The fourth-order valence-electron chi connectivity index (χ4n) is 4.64. The van der Waals surface area contributed by atoms with Crippen LogP contribution in [0.5, 0.6) is 0 Å². The van der Waals surface area contributed by atoms with E-state index in [1.54, 1.807) is 4.90 Å². The molecule has 0 saturated carbocycles. The third kappa shape index (κ3) is 6.40. The number of amides is 3. The van der Waals surface area contributed by atoms with Crippen LogP contribution in [0.1, 0.15) is 58.4 Å². The van der Waals surface area contributed by atoms with E-state index in [4.69, 9.17) is 4.43 Å². The predicted octanol–water partition coefficient (Wildman–Crippen LogP) is 4.12. The van der Waals surface area contributed by atoms with Crippen LogP contribution in [0.25, 0.3) is 0 Å². The Hall–Kier alpha value is -1.90. The molecule has 3 amide bonds. The van der Waals surface area contributed by atoms with Gasteiger partial charge in [0.1, 0.15) is 6.04 Å². The minimum Gasteiger partial charge on any atom is -0.417 e. The van der Waals surface area contributed by atoms with E-state index in [1.807, 2.05) is 35.2 Å². The molecule has 190 valence electrons. The van der Waals surface area contributed by atoms with Gasteiger partial charge in [0.15, 0.2) is 8.32 Å². The number of benzene rings is 1. The fourth-order valence-corrected chi connectivity index (χ4v) is 5.70. The second-order valence-corrected chi connectivity index (χ2v) is 16.0. The molecule has 1 aromatic rings. The molecule has 2 aliphatic heterocycles. The summed E-state index contributed by atoms with van der Waals surface area (Å²) < 4.78 is 6.25. The minimum atomic E-state index is -1.87. The first kappa shape index (κ1) is 26.7. The molecule has 1 unspecified atom stereocenters. The summed E-state index contributed by atoms with van der Waals surface area (Å²) >= 11 is 0. The summed E-state index contributed by atoms with van der Waals surface area (Å²) in [6, 6.07) is 8.92. The average Bonchev–Trinajstić information content (AvgIpc) is 3.47. The molecular formula is C26H43N3O4Si. The Bertz CT molecular complexity index is 827. The molecule has 2 saturated heterocycles. The van der Waals surface area contributed by atoms with Crippen LogP contribution >= 0.6 is 0 Å². The van der Waals surface area contributed by atoms with E-state index in [2.05, 4.69) is 39.2 Å². The van der Waals surface area contributed by atoms with Gasteiger partial charge in [0.2, 0.25) is 5.91 Å². The topological polar surface area (TPSA) is 82.1 Å². The smallest absolute Gasteiger partial charge is 0.318 e. The van der Waals surface area contributed by atoms with E-state index in [0.29, 0.717) is 39.1 Å². The van der Waals surface area contributed by atoms with Gasteiger partial charge in [0, 0.05) is 26.2 Å². The lowest BCUT2D eigenvalue weighted by molar-refractivity contribution is -0.138. The number of rotatable bonds is 8. The summed E-state index contributed by atoms with van der Waals surface area (Å²) in [7, 11) is -1.87. The van der Waals surface area contributed by atoms with Crippen molar-refractivity contribution in [2.45, 2.75) is 95.7 Å². The number of nitrogens with zero attached hydrogens (tertiary/aromatic N) is 2. The largest absolute Gasteiger partial charge is 0.417 e. The van der Waals surface area contributed by atoms with E-state index >= 15 is 0 Å². The van der Waals surface area contributed by atoms with Gasteiger partial charge >= 0.3 is 6.03 Å². The second kappa shape index (κ2) is 11.2. The summed E-state index contributed by atoms with van der Waals surface area (Å²) in [6.07, 6.45) is 3.07. The van der Waals surface area contributed by atoms with Crippen molar-refractivity contribution < 1.29 is 19.1 Å². The molecule has 7 nitrogen and oxygen atoms in total. The van der Waals surface area contributed by atoms with E-state index in [9.17, 15) is 14.7 Å². The number of hydrogen-bond acceptors (Lipinski definition) is 4. The van der Waals surface area contributed by atoms with Crippen molar-refractivity contribution in [1.29, 1.82) is 0 Å². The van der Waals surface area contributed by atoms with E-state index < -0.39 is 20.5 Å². The summed E-state index contributed by atoms with van der Waals surface area (Å²) in [5, 5.41) is 14.0. The van der Waals surface area contributed by atoms with Crippen LogP contribution in [0.2, 0.25) is 18.1 Å². The van der Waals surface area contributed by atoms with Crippen LogP contribution in [0.15, 0.2) is 30.3 Å². The second-order valence-electron chi connectivity index (χ2n) is 11.2. The molecule has 2 N–H and O–H groups in total. The van der Waals surface area contributed by atoms with Gasteiger partial charge in [-0.2, -0.15) is 0 Å². The summed E-state index contributed by atoms with van der Waals surface area (Å²) in [5.41, 5.74) is 1.03. The molecule has 2 heterocycles. The van der Waals surface area contributed by atoms with Crippen LogP contribution in [0.3, 0.4) is 0 Å². The molecule has 0 spiro atoms. The molecule has 2 aliphatic rings. The highest BCUT2D eigenvalue weighted by atomic mass is 28.4. The van der Waals surface area contributed by atoms with Crippen molar-refractivity contribution in [1.82, 2.24) is 15.1 Å². The number of aliphatic hydroxyl groups is 1. The van der Waals surface area contributed by atoms with Crippen LogP contribution in [-0.2, 0) is 15.8 Å². The highest BCUT2D eigenvalue weighted by molar-refractivity contribution is 6.74. The molecule has 0 bridgehead atoms. The maximum atomic E-state index is 13.5. The average molecular weight is 490 g/mol. The Kier molecular flexibility index (Phi) is 8.81. The minimum absolute atomic E-state index is 0.0285. The number of nitrogens with one attached hydrogen (secondary N) is 1. The van der Waals surface area contributed by atoms with Gasteiger partial charge in [-0.1, -0.05) is 51.1 Å². The zero-order valence-electron chi connectivity index (χ0n) is 21.5. The first-order chi connectivity index (χ1) is 16.0. The standard InChI is InChI=1S/C26H43N3O4Si/c1-26(2,3)34(4,5)33-18-15-23(30)21-13-9-16-28(21)24(31)22-14-10-17-29(22)25(32)27-19-20-11-7-6-8-12-20/h6-8,11-12,21-23,30H,9-10,13-19H2,1-5H3,(H,27,32)/t21-,22-,23?/m0/s1. The molecule has 2 fully saturated rings. The first-order valence-corrected chi connectivity index (χ1v) is 15.6. The third-order valence-corrected chi connectivity index (χ3v) is 12.3. The zero-order chi connectivity index (χ0) is 24.9. The molecule has 0 aromatic heterocycles. The van der Waals surface area contributed by atoms with Gasteiger partial charge in [0.05, 0.1) is 12.1 Å². The Labute approximate surface area is 206 Å². The quantitative estimate of drug-likeness (QED) is 0.538. The molecule has 3 atom stereocenters. The summed E-state index contributed by atoms with van der Waals surface area (Å²) in [4.78, 5) is 29.8. The third-order valence-electron chi connectivity index (χ3n) is 7.79. The van der Waals surface area contributed by atoms with Gasteiger partial charge in [-0.3, -0.25) is 4.79 Å². The highest BCUT2D eigenvalue weighted by Crippen LogP contribution is 2.36. The molecule has 34 heavy (non-hydrogen) atoms. The van der Waals surface area contributed by atoms with E-state index in [0.717, 1.165) is 24.8 Å². The van der Waals surface area contributed by atoms with Crippen molar-refractivity contribution in [2.24, 2.45) is 0 Å². The first-order valence-electron chi connectivity index (χ1n) is 12.7. The SMILES string of the molecule is CC(C)(C)[Si](C)(C)OCCC(O)[C@@H]1CCCN1C(=O)[C@@H]1CCCN1C(=O)NCc1ccccc1.